The van der Waals surface area contributed by atoms with Crippen molar-refractivity contribution in [1.29, 1.82) is 0 Å². The molecule has 0 saturated carbocycles. The lowest BCUT2D eigenvalue weighted by Gasteiger charge is -2.26. The SMILES string of the molecule is CC(C)Cn1c(N(C)C(=O)O)c(-c2ccccc2)c2cc(OCc3ccccc3)ccc2c1=O. The van der Waals surface area contributed by atoms with Gasteiger partial charge >= 0.3 is 6.09 Å². The molecule has 0 aliphatic heterocycles. The number of ether oxygens (including phenoxy) is 1. The smallest absolute Gasteiger partial charge is 0.412 e. The van der Waals surface area contributed by atoms with E-state index in [0.717, 1.165) is 16.0 Å². The minimum absolute atomic E-state index is 0.146. The van der Waals surface area contributed by atoms with Gasteiger partial charge in [-0.25, -0.2) is 4.79 Å². The molecular formula is C28H28N2O4. The first-order valence-electron chi connectivity index (χ1n) is 11.3. The third-order valence-corrected chi connectivity index (χ3v) is 5.68. The van der Waals surface area contributed by atoms with Crippen molar-refractivity contribution in [1.82, 2.24) is 4.57 Å². The Morgan fingerprint density at radius 2 is 1.62 bits per heavy atom. The third-order valence-electron chi connectivity index (χ3n) is 5.68. The van der Waals surface area contributed by atoms with E-state index in [0.29, 0.717) is 41.1 Å². The number of rotatable bonds is 7. The number of pyridine rings is 1. The highest BCUT2D eigenvalue weighted by molar-refractivity contribution is 6.05. The standard InChI is InChI=1S/C28H28N2O4/c1-19(2)17-30-26(29(3)28(32)33)25(21-12-8-5-9-13-21)24-16-22(14-15-23(24)27(30)31)34-18-20-10-6-4-7-11-20/h4-16,19H,17-18H2,1-3H3,(H,32,33). The lowest BCUT2D eigenvalue weighted by atomic mass is 9.98. The van der Waals surface area contributed by atoms with Gasteiger partial charge in [-0.15, -0.1) is 0 Å². The van der Waals surface area contributed by atoms with Crippen LogP contribution in [0.15, 0.2) is 83.7 Å². The summed E-state index contributed by atoms with van der Waals surface area (Å²) in [7, 11) is 1.47. The van der Waals surface area contributed by atoms with Gasteiger partial charge in [0.25, 0.3) is 5.56 Å². The van der Waals surface area contributed by atoms with Crippen LogP contribution in [0.3, 0.4) is 0 Å². The molecule has 0 aliphatic rings. The Morgan fingerprint density at radius 1 is 0.971 bits per heavy atom. The van der Waals surface area contributed by atoms with Crippen molar-refractivity contribution >= 4 is 22.7 Å². The van der Waals surface area contributed by atoms with E-state index in [4.69, 9.17) is 4.74 Å². The van der Waals surface area contributed by atoms with Crippen LogP contribution in [0.25, 0.3) is 21.9 Å². The summed E-state index contributed by atoms with van der Waals surface area (Å²) < 4.78 is 7.61. The predicted octanol–water partition coefficient (Wildman–Crippen LogP) is 6.02. The van der Waals surface area contributed by atoms with E-state index < -0.39 is 6.09 Å². The summed E-state index contributed by atoms with van der Waals surface area (Å²) in [6, 6.07) is 24.8. The molecule has 0 saturated heterocycles. The van der Waals surface area contributed by atoms with E-state index in [9.17, 15) is 14.7 Å². The van der Waals surface area contributed by atoms with Gasteiger partial charge in [0.15, 0.2) is 0 Å². The van der Waals surface area contributed by atoms with Crippen molar-refractivity contribution in [3.63, 3.8) is 0 Å². The molecule has 0 aliphatic carbocycles. The number of benzene rings is 3. The highest BCUT2D eigenvalue weighted by Gasteiger charge is 2.24. The van der Waals surface area contributed by atoms with Gasteiger partial charge in [-0.3, -0.25) is 14.3 Å². The molecule has 6 heteroatoms. The maximum atomic E-state index is 13.6. The molecule has 174 valence electrons. The monoisotopic (exact) mass is 456 g/mol. The van der Waals surface area contributed by atoms with E-state index >= 15 is 0 Å². The second-order valence-electron chi connectivity index (χ2n) is 8.70. The number of nitrogens with zero attached hydrogens (tertiary/aromatic N) is 2. The van der Waals surface area contributed by atoms with Crippen LogP contribution in [0.4, 0.5) is 10.6 Å². The fourth-order valence-corrected chi connectivity index (χ4v) is 4.11. The van der Waals surface area contributed by atoms with Gasteiger partial charge in [0.05, 0.1) is 0 Å². The fourth-order valence-electron chi connectivity index (χ4n) is 4.11. The maximum Gasteiger partial charge on any atom is 0.412 e. The number of amides is 1. The molecule has 1 aromatic heterocycles. The minimum Gasteiger partial charge on any atom is -0.489 e. The Morgan fingerprint density at radius 3 is 2.24 bits per heavy atom. The van der Waals surface area contributed by atoms with Crippen LogP contribution in [0.5, 0.6) is 5.75 Å². The van der Waals surface area contributed by atoms with E-state index in [2.05, 4.69) is 0 Å². The summed E-state index contributed by atoms with van der Waals surface area (Å²) in [6.45, 7) is 4.79. The van der Waals surface area contributed by atoms with Crippen LogP contribution in [0.1, 0.15) is 19.4 Å². The number of carboxylic acid groups (broad SMARTS) is 1. The van der Waals surface area contributed by atoms with Crippen molar-refractivity contribution in [2.45, 2.75) is 27.0 Å². The molecule has 4 rings (SSSR count). The summed E-state index contributed by atoms with van der Waals surface area (Å²) in [5, 5.41) is 11.1. The molecule has 6 nitrogen and oxygen atoms in total. The lowest BCUT2D eigenvalue weighted by Crippen LogP contribution is -2.34. The van der Waals surface area contributed by atoms with Crippen molar-refractivity contribution in [3.8, 4) is 16.9 Å². The lowest BCUT2D eigenvalue weighted by molar-refractivity contribution is 0.203. The Kier molecular flexibility index (Phi) is 6.68. The van der Waals surface area contributed by atoms with Crippen LogP contribution in [-0.2, 0) is 13.2 Å². The predicted molar refractivity (Wildman–Crippen MR) is 136 cm³/mol. The number of fused-ring (bicyclic) bond motifs is 1. The molecule has 1 heterocycles. The number of hydrogen-bond donors (Lipinski definition) is 1. The summed E-state index contributed by atoms with van der Waals surface area (Å²) in [4.78, 5) is 26.8. The van der Waals surface area contributed by atoms with Crippen molar-refractivity contribution in [3.05, 3.63) is 94.8 Å². The fraction of sp³-hybridized carbons (Fsp3) is 0.214. The van der Waals surface area contributed by atoms with Crippen molar-refractivity contribution in [2.75, 3.05) is 11.9 Å². The third kappa shape index (κ3) is 4.66. The van der Waals surface area contributed by atoms with E-state index in [1.54, 1.807) is 16.7 Å². The van der Waals surface area contributed by atoms with Crippen LogP contribution < -0.4 is 15.2 Å². The molecule has 34 heavy (non-hydrogen) atoms. The van der Waals surface area contributed by atoms with Gasteiger partial charge in [0.1, 0.15) is 18.2 Å². The number of carbonyl (C=O) groups is 1. The molecule has 0 unspecified atom stereocenters. The van der Waals surface area contributed by atoms with Crippen molar-refractivity contribution < 1.29 is 14.6 Å². The average Bonchev–Trinajstić information content (AvgIpc) is 2.84. The number of aromatic nitrogens is 1. The zero-order chi connectivity index (χ0) is 24.2. The number of hydrogen-bond acceptors (Lipinski definition) is 3. The summed E-state index contributed by atoms with van der Waals surface area (Å²) in [6.07, 6.45) is -1.13. The van der Waals surface area contributed by atoms with Crippen molar-refractivity contribution in [2.24, 2.45) is 5.92 Å². The summed E-state index contributed by atoms with van der Waals surface area (Å²) in [5.74, 6) is 1.11. The van der Waals surface area contributed by atoms with Gasteiger partial charge < -0.3 is 9.84 Å². The van der Waals surface area contributed by atoms with E-state index in [-0.39, 0.29) is 11.5 Å². The highest BCUT2D eigenvalue weighted by atomic mass is 16.5. The molecule has 0 spiro atoms. The van der Waals surface area contributed by atoms with Crippen LogP contribution >= 0.6 is 0 Å². The normalized spacial score (nSPS) is 11.1. The Hall–Kier alpha value is -4.06. The molecule has 0 radical (unpaired) electrons. The molecule has 4 aromatic rings. The first-order valence-corrected chi connectivity index (χ1v) is 11.3. The van der Waals surface area contributed by atoms with E-state index in [1.807, 2.05) is 80.6 Å². The molecule has 1 amide bonds. The first-order chi connectivity index (χ1) is 16.4. The van der Waals surface area contributed by atoms with Gasteiger partial charge in [0, 0.05) is 29.9 Å². The second kappa shape index (κ2) is 9.83. The Bertz CT molecular complexity index is 1360. The van der Waals surface area contributed by atoms with Gasteiger partial charge in [-0.1, -0.05) is 74.5 Å². The van der Waals surface area contributed by atoms with E-state index in [1.165, 1.54) is 7.05 Å². The quantitative estimate of drug-likeness (QED) is 0.369. The second-order valence-corrected chi connectivity index (χ2v) is 8.70. The molecule has 0 fully saturated rings. The molecular weight excluding hydrogens is 428 g/mol. The van der Waals surface area contributed by atoms with Crippen LogP contribution in [0, 0.1) is 5.92 Å². The molecule has 0 bridgehead atoms. The van der Waals surface area contributed by atoms with Gasteiger partial charge in [0.2, 0.25) is 0 Å². The summed E-state index contributed by atoms with van der Waals surface area (Å²) in [5.41, 5.74) is 2.32. The Balaban J connectivity index is 1.98. The van der Waals surface area contributed by atoms with Crippen LogP contribution in [0.2, 0.25) is 0 Å². The average molecular weight is 457 g/mol. The highest BCUT2D eigenvalue weighted by Crippen LogP contribution is 2.37. The molecule has 3 aromatic carbocycles. The van der Waals surface area contributed by atoms with Gasteiger partial charge in [-0.05, 0) is 35.2 Å². The maximum absolute atomic E-state index is 13.6. The topological polar surface area (TPSA) is 71.8 Å². The number of anilines is 1. The first kappa shape index (κ1) is 23.1. The summed E-state index contributed by atoms with van der Waals surface area (Å²) >= 11 is 0. The zero-order valence-corrected chi connectivity index (χ0v) is 19.6. The largest absolute Gasteiger partial charge is 0.489 e. The van der Waals surface area contributed by atoms with Crippen LogP contribution in [-0.4, -0.2) is 22.8 Å². The minimum atomic E-state index is -1.13. The van der Waals surface area contributed by atoms with Gasteiger partial charge in [-0.2, -0.15) is 0 Å². The molecule has 1 N–H and O–H groups in total. The Labute approximate surface area is 198 Å². The molecule has 0 atom stereocenters. The zero-order valence-electron chi connectivity index (χ0n) is 19.6.